The normalized spacial score (nSPS) is 22.2. The van der Waals surface area contributed by atoms with E-state index in [4.69, 9.17) is 4.74 Å². The zero-order valence-electron chi connectivity index (χ0n) is 18.2. The number of hydrogen-bond acceptors (Lipinski definition) is 3. The Bertz CT molecular complexity index is 1100. The molecule has 1 heterocycles. The van der Waals surface area contributed by atoms with Crippen LogP contribution in [-0.4, -0.2) is 27.3 Å². The van der Waals surface area contributed by atoms with Crippen LogP contribution in [0, 0.1) is 23.5 Å². The van der Waals surface area contributed by atoms with E-state index < -0.39 is 22.6 Å². The number of nitrogens with zero attached hydrogens (tertiary/aromatic N) is 1. The van der Waals surface area contributed by atoms with Gasteiger partial charge in [-0.15, -0.1) is 0 Å². The average Bonchev–Trinajstić information content (AvgIpc) is 2.69. The van der Waals surface area contributed by atoms with E-state index in [1.807, 2.05) is 24.9 Å². The van der Waals surface area contributed by atoms with Crippen LogP contribution in [-0.2, 0) is 15.8 Å². The quantitative estimate of drug-likeness (QED) is 0.622. The summed E-state index contributed by atoms with van der Waals surface area (Å²) in [6, 6.07) is 8.48. The van der Waals surface area contributed by atoms with Crippen LogP contribution >= 0.6 is 0 Å². The Kier molecular flexibility index (Phi) is 6.33. The van der Waals surface area contributed by atoms with Crippen molar-refractivity contribution in [2.24, 2.45) is 11.8 Å². The van der Waals surface area contributed by atoms with Crippen molar-refractivity contribution in [1.29, 1.82) is 0 Å². The molecule has 3 atom stereocenters. The summed E-state index contributed by atoms with van der Waals surface area (Å²) in [4.78, 5) is 14.7. The van der Waals surface area contributed by atoms with Gasteiger partial charge in [0.2, 0.25) is 5.91 Å². The highest BCUT2D eigenvalue weighted by atomic mass is 32.2. The Hall–Kier alpha value is -2.74. The van der Waals surface area contributed by atoms with Crippen LogP contribution in [0.5, 0.6) is 11.5 Å². The summed E-state index contributed by atoms with van der Waals surface area (Å²) >= 11 is 0. The topological polar surface area (TPSA) is 58.6 Å². The first-order chi connectivity index (χ1) is 15.2. The number of benzene rings is 2. The zero-order chi connectivity index (χ0) is 23.0. The molecule has 1 saturated carbocycles. The monoisotopic (exact) mass is 460 g/mol. The third-order valence-electron chi connectivity index (χ3n) is 6.30. The minimum absolute atomic E-state index is 0.0990. The average molecular weight is 461 g/mol. The summed E-state index contributed by atoms with van der Waals surface area (Å²) in [5.41, 5.74) is 2.16. The second kappa shape index (κ2) is 9.02. The van der Waals surface area contributed by atoms with E-state index in [-0.39, 0.29) is 29.5 Å². The van der Waals surface area contributed by atoms with Crippen LogP contribution in [0.15, 0.2) is 42.6 Å². The maximum Gasteiger partial charge on any atom is 0.230 e. The highest BCUT2D eigenvalue weighted by Crippen LogP contribution is 2.43. The molecular formula is C24H26F2N2O3S. The van der Waals surface area contributed by atoms with Crippen molar-refractivity contribution in [2.45, 2.75) is 39.2 Å². The molecule has 3 unspecified atom stereocenters. The van der Waals surface area contributed by atoms with Crippen molar-refractivity contribution >= 4 is 28.2 Å². The molecule has 32 heavy (non-hydrogen) atoms. The first-order valence-electron chi connectivity index (χ1n) is 10.7. The van der Waals surface area contributed by atoms with Gasteiger partial charge in [-0.3, -0.25) is 4.79 Å². The van der Waals surface area contributed by atoms with Crippen LogP contribution in [0.25, 0.3) is 5.57 Å². The van der Waals surface area contributed by atoms with Gasteiger partial charge in [-0.1, -0.05) is 13.8 Å². The van der Waals surface area contributed by atoms with Gasteiger partial charge in [0.25, 0.3) is 0 Å². The molecule has 8 heteroatoms. The third kappa shape index (κ3) is 4.41. The molecule has 4 rings (SSSR count). The van der Waals surface area contributed by atoms with Crippen LogP contribution < -0.4 is 9.46 Å². The molecule has 1 aliphatic carbocycles. The fraction of sp³-hybridized carbons (Fsp3) is 0.375. The predicted molar refractivity (Wildman–Crippen MR) is 121 cm³/mol. The highest BCUT2D eigenvalue weighted by molar-refractivity contribution is 7.85. The van der Waals surface area contributed by atoms with E-state index >= 15 is 0 Å². The number of hydrogen-bond donors (Lipinski definition) is 1. The summed E-state index contributed by atoms with van der Waals surface area (Å²) in [6.45, 7) is 3.89. The van der Waals surface area contributed by atoms with Crippen molar-refractivity contribution in [3.05, 3.63) is 59.8 Å². The summed E-state index contributed by atoms with van der Waals surface area (Å²) in [5, 5.41) is 0. The molecule has 0 aromatic heterocycles. The number of rotatable bonds is 6. The molecule has 0 bridgehead atoms. The van der Waals surface area contributed by atoms with Crippen molar-refractivity contribution in [3.63, 3.8) is 0 Å². The minimum Gasteiger partial charge on any atom is -0.454 e. The molecule has 5 nitrogen and oxygen atoms in total. The number of nitrogens with one attached hydrogen (secondary N) is 1. The lowest BCUT2D eigenvalue weighted by atomic mass is 9.79. The van der Waals surface area contributed by atoms with Gasteiger partial charge in [0.15, 0.2) is 11.6 Å². The van der Waals surface area contributed by atoms with Crippen LogP contribution in [0.1, 0.15) is 38.7 Å². The molecule has 2 aromatic carbocycles. The maximum atomic E-state index is 14.3. The molecular weight excluding hydrogens is 434 g/mol. The Balaban J connectivity index is 1.80. The fourth-order valence-electron chi connectivity index (χ4n) is 4.06. The van der Waals surface area contributed by atoms with Crippen molar-refractivity contribution < 1.29 is 22.5 Å². The van der Waals surface area contributed by atoms with Gasteiger partial charge in [-0.25, -0.2) is 13.0 Å². The van der Waals surface area contributed by atoms with Gasteiger partial charge in [0.1, 0.15) is 22.6 Å². The Morgan fingerprint density at radius 2 is 1.78 bits per heavy atom. The van der Waals surface area contributed by atoms with Gasteiger partial charge in [-0.05, 0) is 61.1 Å². The second-order valence-electron chi connectivity index (χ2n) is 8.44. The number of anilines is 1. The number of ether oxygens (including phenoxy) is 1. The molecule has 1 fully saturated rings. The van der Waals surface area contributed by atoms with E-state index in [1.165, 1.54) is 12.3 Å². The second-order valence-corrected chi connectivity index (χ2v) is 9.55. The van der Waals surface area contributed by atoms with Crippen molar-refractivity contribution in [1.82, 2.24) is 4.90 Å². The first-order valence-corrected chi connectivity index (χ1v) is 12.2. The van der Waals surface area contributed by atoms with Gasteiger partial charge < -0.3 is 14.4 Å². The van der Waals surface area contributed by atoms with Crippen LogP contribution in [0.3, 0.4) is 0 Å². The lowest BCUT2D eigenvalue weighted by molar-refractivity contribution is -0.137. The van der Waals surface area contributed by atoms with Gasteiger partial charge in [-0.2, -0.15) is 0 Å². The third-order valence-corrected chi connectivity index (χ3v) is 6.82. The molecule has 1 aliphatic heterocycles. The molecule has 1 amide bonds. The Morgan fingerprint density at radius 1 is 1.06 bits per heavy atom. The fourth-order valence-corrected chi connectivity index (χ4v) is 4.52. The number of carbonyl (C=O) groups is 1. The minimum atomic E-state index is -1.29. The van der Waals surface area contributed by atoms with E-state index in [0.717, 1.165) is 37.0 Å². The molecule has 170 valence electrons. The van der Waals surface area contributed by atoms with E-state index in [2.05, 4.69) is 4.72 Å². The smallest absolute Gasteiger partial charge is 0.230 e. The molecule has 0 saturated heterocycles. The Labute approximate surface area is 189 Å². The zero-order valence-corrected chi connectivity index (χ0v) is 19.0. The lowest BCUT2D eigenvalue weighted by Gasteiger charge is -2.42. The van der Waals surface area contributed by atoms with E-state index in [9.17, 15) is 17.8 Å². The van der Waals surface area contributed by atoms with Crippen LogP contribution in [0.2, 0.25) is 0 Å². The van der Waals surface area contributed by atoms with Gasteiger partial charge >= 0.3 is 0 Å². The summed E-state index contributed by atoms with van der Waals surface area (Å²) < 4.78 is 48.1. The molecule has 2 aromatic rings. The maximum absolute atomic E-state index is 14.3. The number of halogens is 2. The van der Waals surface area contributed by atoms with Crippen LogP contribution in [0.4, 0.5) is 14.5 Å². The largest absolute Gasteiger partial charge is 0.454 e. The van der Waals surface area contributed by atoms with Crippen molar-refractivity contribution in [3.8, 4) is 11.5 Å². The number of carbonyl (C=O) groups excluding carboxylic acids is 1. The molecule has 0 spiro atoms. The van der Waals surface area contributed by atoms with Crippen molar-refractivity contribution in [2.75, 3.05) is 11.0 Å². The molecule has 1 N–H and O–H groups in total. The van der Waals surface area contributed by atoms with E-state index in [0.29, 0.717) is 17.0 Å². The predicted octanol–water partition coefficient (Wildman–Crippen LogP) is 5.47. The van der Waals surface area contributed by atoms with Gasteiger partial charge in [0.05, 0.1) is 0 Å². The molecule has 2 aliphatic rings. The first kappa shape index (κ1) is 22.5. The number of allylic oxidation sites excluding steroid dienone is 1. The molecule has 0 radical (unpaired) electrons. The summed E-state index contributed by atoms with van der Waals surface area (Å²) in [6.07, 6.45) is 6.45. The summed E-state index contributed by atoms with van der Waals surface area (Å²) in [5.74, 6) is -1.47. The highest BCUT2D eigenvalue weighted by Gasteiger charge is 2.38. The SMILES string of the molecule is CC1C(=O)N(C2CCC2)C=C(c2cc(NS(C)=O)ccc2Oc2ccc(F)cc2F)C1C. The van der Waals surface area contributed by atoms with E-state index in [1.54, 1.807) is 18.2 Å². The summed E-state index contributed by atoms with van der Waals surface area (Å²) in [7, 11) is -1.29. The Morgan fingerprint density at radius 3 is 2.41 bits per heavy atom. The van der Waals surface area contributed by atoms with Gasteiger partial charge in [0, 0.05) is 41.7 Å². The lowest BCUT2D eigenvalue weighted by Crippen LogP contribution is -2.47. The standard InChI is InChI=1S/C24H26F2N2O3S/c1-14-15(2)24(29)28(18-5-4-6-18)13-20(14)19-12-17(27-32(3)30)8-10-22(19)31-23-9-7-16(25)11-21(23)26/h7-15,18,27H,4-6H2,1-3H3. The number of amides is 1.